The Kier molecular flexibility index (Phi) is 3.34. The number of hydrogen-bond donors (Lipinski definition) is 1. The van der Waals surface area contributed by atoms with Crippen molar-refractivity contribution in [2.24, 2.45) is 4.99 Å². The van der Waals surface area contributed by atoms with E-state index in [4.69, 9.17) is 0 Å². The van der Waals surface area contributed by atoms with Gasteiger partial charge in [-0.1, -0.05) is 24.3 Å². The molecule has 2 rings (SSSR count). The Morgan fingerprint density at radius 3 is 1.94 bits per heavy atom. The van der Waals surface area contributed by atoms with Crippen LogP contribution in [0.3, 0.4) is 0 Å². The molecular weight excluding hydrogens is 212 g/mol. The third-order valence-corrected chi connectivity index (χ3v) is 2.55. The molecule has 0 radical (unpaired) electrons. The highest BCUT2D eigenvalue weighted by Crippen LogP contribution is 2.23. The van der Waals surface area contributed by atoms with Gasteiger partial charge in [-0.3, -0.25) is 0 Å². The van der Waals surface area contributed by atoms with Crippen LogP contribution in [0.1, 0.15) is 0 Å². The van der Waals surface area contributed by atoms with Gasteiger partial charge in [0.15, 0.2) is 0 Å². The molecule has 0 aliphatic heterocycles. The number of benzene rings is 2. The quantitative estimate of drug-likeness (QED) is 0.641. The van der Waals surface area contributed by atoms with Crippen LogP contribution in [-0.2, 0) is 4.79 Å². The summed E-state index contributed by atoms with van der Waals surface area (Å²) in [6.45, 7) is 0. The zero-order valence-corrected chi connectivity index (χ0v) is 9.47. The zero-order chi connectivity index (χ0) is 12.1. The van der Waals surface area contributed by atoms with E-state index >= 15 is 0 Å². The summed E-state index contributed by atoms with van der Waals surface area (Å²) in [6.07, 6.45) is 1.53. The monoisotopic (exact) mass is 224 g/mol. The standard InChI is InChI=1S/C14H12N2O/c1-15-13-6-2-11(3-7-13)12-4-8-14(9-5-12)16-10-17/h2-9,15H,1H3. The van der Waals surface area contributed by atoms with Crippen LogP contribution >= 0.6 is 0 Å². The van der Waals surface area contributed by atoms with E-state index in [0.29, 0.717) is 5.69 Å². The lowest BCUT2D eigenvalue weighted by Crippen LogP contribution is -1.86. The summed E-state index contributed by atoms with van der Waals surface area (Å²) in [5, 5.41) is 3.07. The molecule has 0 amide bonds. The van der Waals surface area contributed by atoms with E-state index in [1.807, 2.05) is 43.4 Å². The molecule has 0 saturated carbocycles. The van der Waals surface area contributed by atoms with Crippen LogP contribution in [0.2, 0.25) is 0 Å². The fraction of sp³-hybridized carbons (Fsp3) is 0.0714. The average Bonchev–Trinajstić information content (AvgIpc) is 2.40. The van der Waals surface area contributed by atoms with Gasteiger partial charge in [-0.05, 0) is 35.4 Å². The molecule has 3 heteroatoms. The zero-order valence-electron chi connectivity index (χ0n) is 9.47. The fourth-order valence-corrected chi connectivity index (χ4v) is 1.61. The molecule has 1 N–H and O–H groups in total. The molecule has 0 fully saturated rings. The second-order valence-corrected chi connectivity index (χ2v) is 3.58. The van der Waals surface area contributed by atoms with Gasteiger partial charge in [-0.2, -0.15) is 4.99 Å². The van der Waals surface area contributed by atoms with E-state index in [1.54, 1.807) is 12.1 Å². The number of carbonyl (C=O) groups excluding carboxylic acids is 1. The van der Waals surface area contributed by atoms with E-state index in [1.165, 1.54) is 6.08 Å². The van der Waals surface area contributed by atoms with E-state index in [2.05, 4.69) is 10.3 Å². The smallest absolute Gasteiger partial charge is 0.240 e. The minimum Gasteiger partial charge on any atom is -0.388 e. The van der Waals surface area contributed by atoms with Crippen molar-refractivity contribution < 1.29 is 4.79 Å². The molecule has 0 aliphatic rings. The summed E-state index contributed by atoms with van der Waals surface area (Å²) >= 11 is 0. The molecule has 0 unspecified atom stereocenters. The van der Waals surface area contributed by atoms with Gasteiger partial charge in [0.25, 0.3) is 0 Å². The predicted molar refractivity (Wildman–Crippen MR) is 69.2 cm³/mol. The highest BCUT2D eigenvalue weighted by molar-refractivity contribution is 5.67. The summed E-state index contributed by atoms with van der Waals surface area (Å²) < 4.78 is 0. The number of nitrogens with one attached hydrogen (secondary N) is 1. The SMILES string of the molecule is CNc1ccc(-c2ccc(N=C=O)cc2)cc1. The molecule has 0 bridgehead atoms. The van der Waals surface area contributed by atoms with Crippen LogP contribution in [0.25, 0.3) is 11.1 Å². The summed E-state index contributed by atoms with van der Waals surface area (Å²) in [5.74, 6) is 0. The molecule has 0 aliphatic carbocycles. The summed E-state index contributed by atoms with van der Waals surface area (Å²) in [4.78, 5) is 13.7. The van der Waals surface area contributed by atoms with Crippen molar-refractivity contribution in [3.8, 4) is 11.1 Å². The van der Waals surface area contributed by atoms with Crippen molar-refractivity contribution in [3.05, 3.63) is 48.5 Å². The van der Waals surface area contributed by atoms with Gasteiger partial charge in [-0.15, -0.1) is 0 Å². The lowest BCUT2D eigenvalue weighted by Gasteiger charge is -2.04. The molecule has 0 aromatic heterocycles. The van der Waals surface area contributed by atoms with Crippen molar-refractivity contribution >= 4 is 17.5 Å². The Bertz CT molecular complexity index is 537. The highest BCUT2D eigenvalue weighted by Gasteiger charge is 1.97. The maximum absolute atomic E-state index is 10.1. The van der Waals surface area contributed by atoms with Crippen molar-refractivity contribution in [2.45, 2.75) is 0 Å². The first kappa shape index (κ1) is 11.1. The molecule has 0 saturated heterocycles. The second kappa shape index (κ2) is 5.10. The number of hydrogen-bond acceptors (Lipinski definition) is 3. The van der Waals surface area contributed by atoms with Crippen molar-refractivity contribution in [3.63, 3.8) is 0 Å². The molecule has 84 valence electrons. The van der Waals surface area contributed by atoms with Crippen molar-refractivity contribution in [1.29, 1.82) is 0 Å². The Labute approximate surface area is 99.8 Å². The predicted octanol–water partition coefficient (Wildman–Crippen LogP) is 3.36. The molecule has 0 spiro atoms. The first-order valence-corrected chi connectivity index (χ1v) is 5.29. The first-order chi connectivity index (χ1) is 8.33. The summed E-state index contributed by atoms with van der Waals surface area (Å²) in [7, 11) is 1.89. The third kappa shape index (κ3) is 2.60. The lowest BCUT2D eigenvalue weighted by atomic mass is 10.1. The normalized spacial score (nSPS) is 9.47. The molecule has 2 aromatic carbocycles. The largest absolute Gasteiger partial charge is 0.388 e. The van der Waals surface area contributed by atoms with E-state index in [9.17, 15) is 4.79 Å². The van der Waals surface area contributed by atoms with Gasteiger partial charge in [0.1, 0.15) is 0 Å². The Morgan fingerprint density at radius 1 is 0.941 bits per heavy atom. The second-order valence-electron chi connectivity index (χ2n) is 3.58. The van der Waals surface area contributed by atoms with Crippen LogP contribution < -0.4 is 5.32 Å². The maximum atomic E-state index is 10.1. The molecule has 0 heterocycles. The van der Waals surface area contributed by atoms with E-state index in [-0.39, 0.29) is 0 Å². The van der Waals surface area contributed by atoms with Gasteiger partial charge < -0.3 is 5.32 Å². The van der Waals surface area contributed by atoms with Gasteiger partial charge in [0.05, 0.1) is 5.69 Å². The van der Waals surface area contributed by atoms with Crippen LogP contribution in [0.15, 0.2) is 53.5 Å². The van der Waals surface area contributed by atoms with Gasteiger partial charge in [-0.25, -0.2) is 4.79 Å². The highest BCUT2D eigenvalue weighted by atomic mass is 16.1. The van der Waals surface area contributed by atoms with Crippen LogP contribution in [0.4, 0.5) is 11.4 Å². The minimum atomic E-state index is 0.621. The molecule has 17 heavy (non-hydrogen) atoms. The van der Waals surface area contributed by atoms with Crippen molar-refractivity contribution in [1.82, 2.24) is 0 Å². The third-order valence-electron chi connectivity index (χ3n) is 2.55. The topological polar surface area (TPSA) is 41.5 Å². The maximum Gasteiger partial charge on any atom is 0.240 e. The fourth-order valence-electron chi connectivity index (χ4n) is 1.61. The van der Waals surface area contributed by atoms with Gasteiger partial charge in [0, 0.05) is 12.7 Å². The molecule has 0 atom stereocenters. The minimum absolute atomic E-state index is 0.621. The molecular formula is C14H12N2O. The number of anilines is 1. The van der Waals surface area contributed by atoms with E-state index in [0.717, 1.165) is 16.8 Å². The summed E-state index contributed by atoms with van der Waals surface area (Å²) in [5.41, 5.74) is 3.93. The Hall–Kier alpha value is -2.38. The number of rotatable bonds is 3. The molecule has 3 nitrogen and oxygen atoms in total. The Morgan fingerprint density at radius 2 is 1.47 bits per heavy atom. The van der Waals surface area contributed by atoms with Crippen molar-refractivity contribution in [2.75, 3.05) is 12.4 Å². The van der Waals surface area contributed by atoms with Crippen LogP contribution in [0.5, 0.6) is 0 Å². The average molecular weight is 224 g/mol. The number of isocyanates is 1. The number of nitrogens with zero attached hydrogens (tertiary/aromatic N) is 1. The Balaban J connectivity index is 2.29. The van der Waals surface area contributed by atoms with E-state index < -0.39 is 0 Å². The summed E-state index contributed by atoms with van der Waals surface area (Å²) in [6, 6.07) is 15.6. The van der Waals surface area contributed by atoms with Crippen LogP contribution in [0, 0.1) is 0 Å². The van der Waals surface area contributed by atoms with Gasteiger partial charge in [0.2, 0.25) is 6.08 Å². The van der Waals surface area contributed by atoms with Crippen LogP contribution in [-0.4, -0.2) is 13.1 Å². The lowest BCUT2D eigenvalue weighted by molar-refractivity contribution is 0.565. The molecule has 2 aromatic rings. The number of aliphatic imine (C=N–C) groups is 1. The van der Waals surface area contributed by atoms with Gasteiger partial charge >= 0.3 is 0 Å². The first-order valence-electron chi connectivity index (χ1n) is 5.29.